The summed E-state index contributed by atoms with van der Waals surface area (Å²) in [6.07, 6.45) is 10.0. The van der Waals surface area contributed by atoms with Crippen LogP contribution in [-0.4, -0.2) is 35.8 Å². The van der Waals surface area contributed by atoms with E-state index in [2.05, 4.69) is 41.4 Å². The van der Waals surface area contributed by atoms with Gasteiger partial charge in [-0.2, -0.15) is 0 Å². The minimum absolute atomic E-state index is 0.0871. The zero-order chi connectivity index (χ0) is 19.8. The molecule has 0 spiro atoms. The minimum atomic E-state index is 0.0871. The number of hydrogen-bond acceptors (Lipinski definition) is 2. The van der Waals surface area contributed by atoms with Crippen molar-refractivity contribution in [1.82, 2.24) is 10.2 Å². The van der Waals surface area contributed by atoms with Crippen molar-refractivity contribution in [3.63, 3.8) is 0 Å². The Morgan fingerprint density at radius 2 is 1.71 bits per heavy atom. The first-order valence-electron chi connectivity index (χ1n) is 11.3. The van der Waals surface area contributed by atoms with Crippen molar-refractivity contribution in [2.24, 2.45) is 11.8 Å². The van der Waals surface area contributed by atoms with Crippen molar-refractivity contribution in [3.05, 3.63) is 35.9 Å². The predicted octanol–water partition coefficient (Wildman–Crippen LogP) is 4.33. The summed E-state index contributed by atoms with van der Waals surface area (Å²) in [5.74, 6) is 0.759. The summed E-state index contributed by atoms with van der Waals surface area (Å²) in [6.45, 7) is 3.85. The topological polar surface area (TPSA) is 49.4 Å². The number of likely N-dealkylation sites (tertiary alicyclic amines) is 1. The van der Waals surface area contributed by atoms with Crippen LogP contribution in [0.15, 0.2) is 30.3 Å². The highest BCUT2D eigenvalue weighted by atomic mass is 16.2. The second kappa shape index (κ2) is 10.6. The Morgan fingerprint density at radius 1 is 1.00 bits per heavy atom. The molecule has 1 aliphatic heterocycles. The summed E-state index contributed by atoms with van der Waals surface area (Å²) < 4.78 is 0. The molecule has 4 heteroatoms. The van der Waals surface area contributed by atoms with Crippen molar-refractivity contribution in [3.8, 4) is 0 Å². The third-order valence-corrected chi connectivity index (χ3v) is 6.61. The lowest BCUT2D eigenvalue weighted by atomic mass is 9.80. The molecule has 1 N–H and O–H groups in total. The van der Waals surface area contributed by atoms with Gasteiger partial charge < -0.3 is 10.2 Å². The highest BCUT2D eigenvalue weighted by Crippen LogP contribution is 2.32. The molecule has 1 unspecified atom stereocenters. The van der Waals surface area contributed by atoms with Crippen molar-refractivity contribution >= 4 is 11.8 Å². The standard InChI is InChI=1S/C24H36N2O2/c1-2-22-12-6-7-18-26(22)24(28)21-15-13-20(14-16-21)23(27)25-17-8-11-19-9-4-3-5-10-19/h3-5,9-10,20-22H,2,6-8,11-18H2,1H3,(H,25,27). The van der Waals surface area contributed by atoms with Gasteiger partial charge >= 0.3 is 0 Å². The number of carbonyl (C=O) groups excluding carboxylic acids is 2. The molecule has 0 aromatic heterocycles. The fourth-order valence-electron chi connectivity index (χ4n) is 4.85. The molecule has 2 aliphatic rings. The molecule has 2 fully saturated rings. The smallest absolute Gasteiger partial charge is 0.225 e. The number of piperidine rings is 1. The number of benzene rings is 1. The molecule has 1 aliphatic carbocycles. The number of nitrogens with zero attached hydrogens (tertiary/aromatic N) is 1. The quantitative estimate of drug-likeness (QED) is 0.711. The fourth-order valence-corrected chi connectivity index (χ4v) is 4.85. The van der Waals surface area contributed by atoms with Crippen LogP contribution in [0, 0.1) is 11.8 Å². The average Bonchev–Trinajstić information content (AvgIpc) is 2.77. The molecule has 2 amide bonds. The molecule has 3 rings (SSSR count). The van der Waals surface area contributed by atoms with E-state index in [1.807, 2.05) is 6.07 Å². The molecular formula is C24H36N2O2. The van der Waals surface area contributed by atoms with E-state index in [9.17, 15) is 9.59 Å². The van der Waals surface area contributed by atoms with E-state index in [-0.39, 0.29) is 17.7 Å². The van der Waals surface area contributed by atoms with Gasteiger partial charge in [-0.25, -0.2) is 0 Å². The summed E-state index contributed by atoms with van der Waals surface area (Å²) in [6, 6.07) is 10.8. The molecular weight excluding hydrogens is 348 g/mol. The maximum atomic E-state index is 13.0. The van der Waals surface area contributed by atoms with E-state index >= 15 is 0 Å². The zero-order valence-corrected chi connectivity index (χ0v) is 17.4. The SMILES string of the molecule is CCC1CCCCN1C(=O)C1CCC(C(=O)NCCCc2ccccc2)CC1. The normalized spacial score (nSPS) is 25.3. The highest BCUT2D eigenvalue weighted by Gasteiger charge is 2.34. The van der Waals surface area contributed by atoms with Gasteiger partial charge in [0.15, 0.2) is 0 Å². The maximum absolute atomic E-state index is 13.0. The van der Waals surface area contributed by atoms with Gasteiger partial charge in [0.1, 0.15) is 0 Å². The van der Waals surface area contributed by atoms with Gasteiger partial charge in [0.2, 0.25) is 11.8 Å². The summed E-state index contributed by atoms with van der Waals surface area (Å²) in [7, 11) is 0. The van der Waals surface area contributed by atoms with Crippen LogP contribution >= 0.6 is 0 Å². The molecule has 1 aromatic rings. The van der Waals surface area contributed by atoms with Gasteiger partial charge in [-0.3, -0.25) is 9.59 Å². The molecule has 0 bridgehead atoms. The number of carbonyl (C=O) groups is 2. The van der Waals surface area contributed by atoms with Gasteiger partial charge in [-0.05, 0) is 69.8 Å². The Labute approximate surface area is 170 Å². The molecule has 1 atom stereocenters. The van der Waals surface area contributed by atoms with E-state index in [0.29, 0.717) is 11.9 Å². The van der Waals surface area contributed by atoms with Crippen molar-refractivity contribution < 1.29 is 9.59 Å². The van der Waals surface area contributed by atoms with Gasteiger partial charge in [-0.15, -0.1) is 0 Å². The fraction of sp³-hybridized carbons (Fsp3) is 0.667. The van der Waals surface area contributed by atoms with Crippen LogP contribution in [0.5, 0.6) is 0 Å². The lowest BCUT2D eigenvalue weighted by Gasteiger charge is -2.39. The molecule has 28 heavy (non-hydrogen) atoms. The average molecular weight is 385 g/mol. The summed E-state index contributed by atoms with van der Waals surface area (Å²) in [4.78, 5) is 27.6. The Bertz CT molecular complexity index is 623. The number of aryl methyl sites for hydroxylation is 1. The highest BCUT2D eigenvalue weighted by molar-refractivity contribution is 5.81. The van der Waals surface area contributed by atoms with Crippen LogP contribution in [0.3, 0.4) is 0 Å². The number of rotatable bonds is 7. The number of nitrogens with one attached hydrogen (secondary N) is 1. The second-order valence-corrected chi connectivity index (χ2v) is 8.52. The Hall–Kier alpha value is -1.84. The lowest BCUT2D eigenvalue weighted by molar-refractivity contribution is -0.141. The van der Waals surface area contributed by atoms with Crippen molar-refractivity contribution in [1.29, 1.82) is 0 Å². The van der Waals surface area contributed by atoms with E-state index in [0.717, 1.165) is 70.9 Å². The Morgan fingerprint density at radius 3 is 2.43 bits per heavy atom. The van der Waals surface area contributed by atoms with E-state index in [4.69, 9.17) is 0 Å². The molecule has 0 radical (unpaired) electrons. The number of hydrogen-bond donors (Lipinski definition) is 1. The Balaban J connectivity index is 1.37. The van der Waals surface area contributed by atoms with Gasteiger partial charge in [-0.1, -0.05) is 37.3 Å². The largest absolute Gasteiger partial charge is 0.356 e. The first-order valence-corrected chi connectivity index (χ1v) is 11.3. The van der Waals surface area contributed by atoms with Crippen LogP contribution in [-0.2, 0) is 16.0 Å². The predicted molar refractivity (Wildman–Crippen MR) is 113 cm³/mol. The van der Waals surface area contributed by atoms with E-state index in [1.165, 1.54) is 12.0 Å². The summed E-state index contributed by atoms with van der Waals surface area (Å²) in [5.41, 5.74) is 1.32. The van der Waals surface area contributed by atoms with E-state index in [1.54, 1.807) is 0 Å². The molecule has 154 valence electrons. The molecule has 1 saturated heterocycles. The first kappa shape index (κ1) is 20.9. The lowest BCUT2D eigenvalue weighted by Crippen LogP contribution is -2.47. The van der Waals surface area contributed by atoms with Crippen molar-refractivity contribution in [2.75, 3.05) is 13.1 Å². The molecule has 1 saturated carbocycles. The summed E-state index contributed by atoms with van der Waals surface area (Å²) in [5, 5.41) is 3.11. The third kappa shape index (κ3) is 5.59. The Kier molecular flexibility index (Phi) is 7.93. The monoisotopic (exact) mass is 384 g/mol. The van der Waals surface area contributed by atoms with Crippen LogP contribution in [0.4, 0.5) is 0 Å². The van der Waals surface area contributed by atoms with Crippen LogP contribution < -0.4 is 5.32 Å². The molecule has 4 nitrogen and oxygen atoms in total. The van der Waals surface area contributed by atoms with Crippen molar-refractivity contribution in [2.45, 2.75) is 77.2 Å². The van der Waals surface area contributed by atoms with Crippen LogP contribution in [0.25, 0.3) is 0 Å². The van der Waals surface area contributed by atoms with Gasteiger partial charge in [0, 0.05) is 31.0 Å². The zero-order valence-electron chi connectivity index (χ0n) is 17.4. The molecule has 1 heterocycles. The molecule has 1 aromatic carbocycles. The first-order chi connectivity index (χ1) is 13.7. The van der Waals surface area contributed by atoms with E-state index < -0.39 is 0 Å². The number of amides is 2. The van der Waals surface area contributed by atoms with Gasteiger partial charge in [0.25, 0.3) is 0 Å². The van der Waals surface area contributed by atoms with Crippen LogP contribution in [0.2, 0.25) is 0 Å². The maximum Gasteiger partial charge on any atom is 0.225 e. The third-order valence-electron chi connectivity index (χ3n) is 6.61. The van der Waals surface area contributed by atoms with Gasteiger partial charge in [0.05, 0.1) is 0 Å². The van der Waals surface area contributed by atoms with Crippen LogP contribution in [0.1, 0.15) is 70.3 Å². The second-order valence-electron chi connectivity index (χ2n) is 8.52. The summed E-state index contributed by atoms with van der Waals surface area (Å²) >= 11 is 0. The minimum Gasteiger partial charge on any atom is -0.356 e.